The van der Waals surface area contributed by atoms with Gasteiger partial charge in [0.1, 0.15) is 17.3 Å². The highest BCUT2D eigenvalue weighted by atomic mass is 16.6. The third kappa shape index (κ3) is 6.41. The molecule has 45 heavy (non-hydrogen) atoms. The smallest absolute Gasteiger partial charge is 0.320 e. The Morgan fingerprint density at radius 3 is 2.40 bits per heavy atom. The molecule has 1 aromatic carbocycles. The van der Waals surface area contributed by atoms with Crippen LogP contribution in [0.3, 0.4) is 0 Å². The van der Waals surface area contributed by atoms with E-state index in [0.29, 0.717) is 44.2 Å². The number of ether oxygens (including phenoxy) is 3. The molecule has 0 unspecified atom stereocenters. The van der Waals surface area contributed by atoms with Crippen LogP contribution in [0.4, 0.5) is 0 Å². The number of amides is 3. The predicted molar refractivity (Wildman–Crippen MR) is 161 cm³/mol. The first-order valence-corrected chi connectivity index (χ1v) is 15.8. The SMILES string of the molecule is COC(=O)[C@]12C[C@H](CC(=O)N3CCN(C(=O)C4CC4)CC3)C(=O)N(Cc3ccco3)C1=C[C@H](COCc1ccccc1)O[C@@H]2C. The highest BCUT2D eigenvalue weighted by Gasteiger charge is 2.59. The van der Waals surface area contributed by atoms with Gasteiger partial charge in [-0.05, 0) is 50.0 Å². The van der Waals surface area contributed by atoms with Crippen molar-refractivity contribution in [2.75, 3.05) is 39.9 Å². The van der Waals surface area contributed by atoms with Crippen molar-refractivity contribution in [3.05, 3.63) is 71.8 Å². The first-order valence-electron chi connectivity index (χ1n) is 15.8. The average molecular weight is 620 g/mol. The second kappa shape index (κ2) is 13.2. The van der Waals surface area contributed by atoms with Gasteiger partial charge >= 0.3 is 5.97 Å². The first-order chi connectivity index (χ1) is 21.8. The van der Waals surface area contributed by atoms with Crippen LogP contribution >= 0.6 is 0 Å². The van der Waals surface area contributed by atoms with E-state index in [4.69, 9.17) is 18.6 Å². The van der Waals surface area contributed by atoms with E-state index >= 15 is 0 Å². The van der Waals surface area contributed by atoms with Crippen molar-refractivity contribution in [3.8, 4) is 0 Å². The predicted octanol–water partition coefficient (Wildman–Crippen LogP) is 3.15. The Morgan fingerprint density at radius 2 is 1.73 bits per heavy atom. The van der Waals surface area contributed by atoms with Crippen LogP contribution in [0.15, 0.2) is 64.9 Å². The highest BCUT2D eigenvalue weighted by molar-refractivity contribution is 5.93. The van der Waals surface area contributed by atoms with Crippen molar-refractivity contribution in [3.63, 3.8) is 0 Å². The van der Waals surface area contributed by atoms with E-state index in [1.165, 1.54) is 13.4 Å². The zero-order valence-electron chi connectivity index (χ0n) is 25.9. The van der Waals surface area contributed by atoms with E-state index in [2.05, 4.69) is 0 Å². The van der Waals surface area contributed by atoms with Crippen molar-refractivity contribution in [1.82, 2.24) is 14.7 Å². The molecular weight excluding hydrogens is 578 g/mol. The molecule has 0 spiro atoms. The normalized spacial score (nSPS) is 26.7. The lowest BCUT2D eigenvalue weighted by molar-refractivity contribution is -0.178. The third-order valence-electron chi connectivity index (χ3n) is 9.48. The Labute approximate surface area is 263 Å². The monoisotopic (exact) mass is 619 g/mol. The molecule has 6 rings (SSSR count). The molecule has 0 bridgehead atoms. The van der Waals surface area contributed by atoms with E-state index in [9.17, 15) is 19.2 Å². The van der Waals surface area contributed by atoms with E-state index in [0.717, 1.165) is 18.4 Å². The molecule has 4 heterocycles. The summed E-state index contributed by atoms with van der Waals surface area (Å²) in [5.41, 5.74) is 0.193. The number of fused-ring (bicyclic) bond motifs is 1. The average Bonchev–Trinajstić information content (AvgIpc) is 3.78. The lowest BCUT2D eigenvalue weighted by atomic mass is 9.66. The van der Waals surface area contributed by atoms with Gasteiger partial charge in [0.15, 0.2) is 0 Å². The Morgan fingerprint density at radius 1 is 1.00 bits per heavy atom. The number of nitrogens with zero attached hydrogens (tertiary/aromatic N) is 3. The summed E-state index contributed by atoms with van der Waals surface area (Å²) < 4.78 is 23.3. The number of benzene rings is 1. The van der Waals surface area contributed by atoms with Gasteiger partial charge in [-0.1, -0.05) is 30.3 Å². The van der Waals surface area contributed by atoms with Crippen LogP contribution in [-0.4, -0.2) is 90.5 Å². The quantitative estimate of drug-likeness (QED) is 0.373. The lowest BCUT2D eigenvalue weighted by Gasteiger charge is -2.51. The maximum atomic E-state index is 14.2. The third-order valence-corrected chi connectivity index (χ3v) is 9.48. The molecule has 11 heteroatoms. The molecule has 0 radical (unpaired) electrons. The van der Waals surface area contributed by atoms with Crippen LogP contribution in [-0.2, 0) is 46.5 Å². The minimum absolute atomic E-state index is 0.0631. The van der Waals surface area contributed by atoms with E-state index < -0.39 is 29.5 Å². The molecule has 0 N–H and O–H groups in total. The van der Waals surface area contributed by atoms with Crippen LogP contribution in [0.25, 0.3) is 0 Å². The molecule has 2 saturated heterocycles. The van der Waals surface area contributed by atoms with Gasteiger partial charge in [-0.3, -0.25) is 19.2 Å². The number of rotatable bonds is 10. The van der Waals surface area contributed by atoms with Crippen LogP contribution in [0, 0.1) is 17.3 Å². The number of furan rings is 1. The zero-order chi connectivity index (χ0) is 31.6. The molecule has 1 aromatic heterocycles. The zero-order valence-corrected chi connectivity index (χ0v) is 25.9. The number of carbonyl (C=O) groups excluding carboxylic acids is 4. The molecule has 3 amide bonds. The molecule has 1 aliphatic carbocycles. The van der Waals surface area contributed by atoms with Gasteiger partial charge in [-0.2, -0.15) is 0 Å². The molecule has 11 nitrogen and oxygen atoms in total. The summed E-state index contributed by atoms with van der Waals surface area (Å²) in [6, 6.07) is 13.3. The Kier molecular flexibility index (Phi) is 9.09. The van der Waals surface area contributed by atoms with Crippen molar-refractivity contribution in [2.24, 2.45) is 17.3 Å². The highest BCUT2D eigenvalue weighted by Crippen LogP contribution is 2.51. The van der Waals surface area contributed by atoms with E-state index in [1.54, 1.807) is 28.0 Å². The Bertz CT molecular complexity index is 1410. The Hall–Kier alpha value is -3.96. The largest absolute Gasteiger partial charge is 0.468 e. The van der Waals surface area contributed by atoms with Gasteiger partial charge in [0.05, 0.1) is 39.2 Å². The molecule has 4 atom stereocenters. The van der Waals surface area contributed by atoms with Crippen LogP contribution in [0.1, 0.15) is 43.9 Å². The van der Waals surface area contributed by atoms with Crippen molar-refractivity contribution >= 4 is 23.7 Å². The summed E-state index contributed by atoms with van der Waals surface area (Å²) in [6.07, 6.45) is 4.03. The minimum Gasteiger partial charge on any atom is -0.468 e. The number of piperazine rings is 1. The molecule has 1 saturated carbocycles. The standard InChI is InChI=1S/C34H41N3O8/c1-23-34(33(41)42-2)19-26(17-30(38)35-12-14-36(15-13-35)31(39)25-10-11-25)32(40)37(20-27-9-6-16-44-27)29(34)18-28(45-23)22-43-21-24-7-4-3-5-8-24/h3-9,16,18,23,25-26,28H,10-15,17,19-22H2,1-2H3/t23-,26+,28-,34+/m1/s1. The second-order valence-electron chi connectivity index (χ2n) is 12.4. The molecule has 2 aromatic rings. The molecule has 240 valence electrons. The maximum absolute atomic E-state index is 14.2. The fraction of sp³-hybridized carbons (Fsp3) is 0.529. The number of methoxy groups -OCH3 is 1. The van der Waals surface area contributed by atoms with Crippen LogP contribution in [0.2, 0.25) is 0 Å². The molecule has 3 aliphatic heterocycles. The summed E-state index contributed by atoms with van der Waals surface area (Å²) in [4.78, 5) is 59.1. The van der Waals surface area contributed by atoms with Crippen molar-refractivity contribution in [1.29, 1.82) is 0 Å². The van der Waals surface area contributed by atoms with Crippen molar-refractivity contribution < 1.29 is 37.8 Å². The summed E-state index contributed by atoms with van der Waals surface area (Å²) in [6.45, 7) is 4.33. The summed E-state index contributed by atoms with van der Waals surface area (Å²) >= 11 is 0. The lowest BCUT2D eigenvalue weighted by Crippen LogP contribution is -2.60. The van der Waals surface area contributed by atoms with Gasteiger partial charge in [-0.25, -0.2) is 0 Å². The summed E-state index contributed by atoms with van der Waals surface area (Å²) in [7, 11) is 1.33. The fourth-order valence-electron chi connectivity index (χ4n) is 6.84. The van der Waals surface area contributed by atoms with E-state index in [1.807, 2.05) is 42.2 Å². The summed E-state index contributed by atoms with van der Waals surface area (Å²) in [5.74, 6) is -0.882. The van der Waals surface area contributed by atoms with Gasteiger partial charge in [0, 0.05) is 50.1 Å². The molecular formula is C34H41N3O8. The summed E-state index contributed by atoms with van der Waals surface area (Å²) in [5, 5.41) is 0. The van der Waals surface area contributed by atoms with Crippen LogP contribution in [0.5, 0.6) is 0 Å². The number of likely N-dealkylation sites (tertiary alicyclic amines) is 1. The topological polar surface area (TPSA) is 119 Å². The van der Waals surface area contributed by atoms with E-state index in [-0.39, 0.29) is 49.6 Å². The van der Waals surface area contributed by atoms with Crippen LogP contribution < -0.4 is 0 Å². The van der Waals surface area contributed by atoms with Gasteiger partial charge in [-0.15, -0.1) is 0 Å². The number of hydrogen-bond donors (Lipinski definition) is 0. The maximum Gasteiger partial charge on any atom is 0.320 e. The molecule has 4 aliphatic rings. The first kappa shape index (κ1) is 31.0. The van der Waals surface area contributed by atoms with Gasteiger partial charge in [0.25, 0.3) is 0 Å². The minimum atomic E-state index is -1.31. The number of hydrogen-bond acceptors (Lipinski definition) is 8. The number of carbonyl (C=O) groups is 4. The van der Waals surface area contributed by atoms with Gasteiger partial charge in [0.2, 0.25) is 17.7 Å². The second-order valence-corrected chi connectivity index (χ2v) is 12.4. The number of esters is 1. The van der Waals surface area contributed by atoms with Gasteiger partial charge < -0.3 is 33.3 Å². The Balaban J connectivity index is 1.23. The van der Waals surface area contributed by atoms with Crippen molar-refractivity contribution in [2.45, 2.75) is 58.0 Å². The molecule has 3 fully saturated rings. The number of piperidine rings is 1. The fourth-order valence-corrected chi connectivity index (χ4v) is 6.84.